The van der Waals surface area contributed by atoms with Gasteiger partial charge in [-0.3, -0.25) is 4.57 Å². The molecule has 4 nitrogen and oxygen atoms in total. The van der Waals surface area contributed by atoms with Crippen LogP contribution in [-0.4, -0.2) is 19.1 Å². The summed E-state index contributed by atoms with van der Waals surface area (Å²) in [6.07, 6.45) is 0. The fraction of sp³-hybridized carbons (Fsp3) is 0. The molecule has 326 valence electrons. The van der Waals surface area contributed by atoms with Crippen LogP contribution in [0.15, 0.2) is 255 Å². The lowest BCUT2D eigenvalue weighted by atomic mass is 9.98. The second kappa shape index (κ2) is 16.2. The molecule has 0 fully saturated rings. The number of benzene rings is 11. The summed E-state index contributed by atoms with van der Waals surface area (Å²) < 4.78 is 4.77. The maximum Gasteiger partial charge on any atom is 0.162 e. The summed E-state index contributed by atoms with van der Waals surface area (Å²) in [6.45, 7) is 0. The average Bonchev–Trinajstić information content (AvgIpc) is 3.95. The Bertz CT molecular complexity index is 4310. The maximum atomic E-state index is 5.60. The van der Waals surface area contributed by atoms with Gasteiger partial charge in [0.2, 0.25) is 0 Å². The highest BCUT2D eigenvalue weighted by Gasteiger charge is 2.22. The largest absolute Gasteiger partial charge is 0.309 e. The fourth-order valence-electron chi connectivity index (χ4n) is 10.7. The third-order valence-electron chi connectivity index (χ3n) is 14.1. The predicted octanol–water partition coefficient (Wildman–Crippen LogP) is 17.3. The first kappa shape index (κ1) is 39.8. The van der Waals surface area contributed by atoms with Gasteiger partial charge in [0.1, 0.15) is 5.82 Å². The van der Waals surface area contributed by atoms with Crippen LogP contribution in [0.25, 0.3) is 133 Å². The molecule has 0 aliphatic carbocycles. The summed E-state index contributed by atoms with van der Waals surface area (Å²) in [5.41, 5.74) is 16.9. The summed E-state index contributed by atoms with van der Waals surface area (Å²) >= 11 is 0. The van der Waals surface area contributed by atoms with Crippen molar-refractivity contribution in [3.05, 3.63) is 255 Å². The first-order valence-electron chi connectivity index (χ1n) is 23.9. The molecule has 0 spiro atoms. The lowest BCUT2D eigenvalue weighted by Gasteiger charge is -2.15. The molecular weight excluding hydrogens is 849 g/mol. The van der Waals surface area contributed by atoms with E-state index in [1.165, 1.54) is 49.6 Å². The van der Waals surface area contributed by atoms with Gasteiger partial charge in [0.15, 0.2) is 5.82 Å². The lowest BCUT2D eigenvalue weighted by Crippen LogP contribution is -2.03. The van der Waals surface area contributed by atoms with Crippen LogP contribution in [0.1, 0.15) is 0 Å². The van der Waals surface area contributed by atoms with E-state index in [1.807, 2.05) is 0 Å². The number of hydrogen-bond donors (Lipinski definition) is 0. The molecule has 0 N–H and O–H groups in total. The molecule has 0 aliphatic heterocycles. The van der Waals surface area contributed by atoms with Gasteiger partial charge in [0, 0.05) is 32.8 Å². The standard InChI is InChI=1S/C66H42N4/c1-5-15-43(16-6-1)46-25-27-48(28-26-46)65-67-59-34-29-47-21-13-14-24-54(47)64(59)66(68-65)70-62-37-31-50(45-19-9-3-10-20-45)40-57(62)58-42-52(33-38-63(58)70)51-32-36-61-56(41-51)55-39-49(44-17-7-2-8-18-44)30-35-60(55)69(61)53-22-11-4-12-23-53/h1-42H. The van der Waals surface area contributed by atoms with Gasteiger partial charge in [-0.2, -0.15) is 0 Å². The Balaban J connectivity index is 1.01. The van der Waals surface area contributed by atoms with Gasteiger partial charge in [-0.15, -0.1) is 0 Å². The molecule has 0 unspecified atom stereocenters. The van der Waals surface area contributed by atoms with Crippen LogP contribution < -0.4 is 0 Å². The van der Waals surface area contributed by atoms with Gasteiger partial charge in [-0.25, -0.2) is 9.97 Å². The summed E-state index contributed by atoms with van der Waals surface area (Å²) in [5.74, 6) is 1.54. The molecule has 0 atom stereocenters. The molecule has 14 rings (SSSR count). The highest BCUT2D eigenvalue weighted by Crippen LogP contribution is 2.42. The van der Waals surface area contributed by atoms with Crippen LogP contribution in [-0.2, 0) is 0 Å². The number of fused-ring (bicyclic) bond motifs is 9. The van der Waals surface area contributed by atoms with E-state index in [1.54, 1.807) is 0 Å². The van der Waals surface area contributed by atoms with E-state index < -0.39 is 0 Å². The van der Waals surface area contributed by atoms with E-state index in [4.69, 9.17) is 9.97 Å². The van der Waals surface area contributed by atoms with Crippen LogP contribution in [0, 0.1) is 0 Å². The second-order valence-corrected chi connectivity index (χ2v) is 18.2. The molecule has 0 bridgehead atoms. The summed E-state index contributed by atoms with van der Waals surface area (Å²) in [5, 5.41) is 8.04. The Morgan fingerprint density at radius 3 is 1.16 bits per heavy atom. The first-order chi connectivity index (χ1) is 34.7. The van der Waals surface area contributed by atoms with E-state index in [0.717, 1.165) is 77.2 Å². The Kier molecular flexibility index (Phi) is 9.17. The zero-order valence-corrected chi connectivity index (χ0v) is 38.0. The average molecular weight is 891 g/mol. The van der Waals surface area contributed by atoms with Gasteiger partial charge in [-0.1, -0.05) is 188 Å². The molecule has 0 radical (unpaired) electrons. The summed E-state index contributed by atoms with van der Waals surface area (Å²) in [7, 11) is 0. The molecule has 0 saturated heterocycles. The van der Waals surface area contributed by atoms with Crippen molar-refractivity contribution in [2.45, 2.75) is 0 Å². The van der Waals surface area contributed by atoms with Crippen molar-refractivity contribution in [1.29, 1.82) is 0 Å². The van der Waals surface area contributed by atoms with Crippen LogP contribution in [0.2, 0.25) is 0 Å². The van der Waals surface area contributed by atoms with Crippen LogP contribution in [0.3, 0.4) is 0 Å². The molecule has 4 heteroatoms. The molecular formula is C66H42N4. The number of aromatic nitrogens is 4. The van der Waals surface area contributed by atoms with Crippen molar-refractivity contribution in [2.75, 3.05) is 0 Å². The lowest BCUT2D eigenvalue weighted by molar-refractivity contribution is 1.08. The predicted molar refractivity (Wildman–Crippen MR) is 293 cm³/mol. The highest BCUT2D eigenvalue weighted by molar-refractivity contribution is 6.16. The normalized spacial score (nSPS) is 11.7. The van der Waals surface area contributed by atoms with E-state index in [9.17, 15) is 0 Å². The number of rotatable bonds is 7. The van der Waals surface area contributed by atoms with E-state index in [0.29, 0.717) is 5.82 Å². The first-order valence-corrected chi connectivity index (χ1v) is 23.9. The van der Waals surface area contributed by atoms with Crippen LogP contribution in [0.4, 0.5) is 0 Å². The number of nitrogens with zero attached hydrogens (tertiary/aromatic N) is 4. The van der Waals surface area contributed by atoms with Crippen molar-refractivity contribution < 1.29 is 0 Å². The van der Waals surface area contributed by atoms with E-state index >= 15 is 0 Å². The summed E-state index contributed by atoms with van der Waals surface area (Å²) in [6, 6.07) is 91.8. The highest BCUT2D eigenvalue weighted by atomic mass is 15.1. The maximum absolute atomic E-state index is 5.60. The van der Waals surface area contributed by atoms with Crippen LogP contribution >= 0.6 is 0 Å². The zero-order chi connectivity index (χ0) is 46.1. The van der Waals surface area contributed by atoms with Gasteiger partial charge in [0.25, 0.3) is 0 Å². The Labute approximate surface area is 404 Å². The number of para-hydroxylation sites is 1. The Morgan fingerprint density at radius 1 is 0.257 bits per heavy atom. The van der Waals surface area contributed by atoms with Crippen molar-refractivity contribution >= 4 is 65.3 Å². The molecule has 11 aromatic carbocycles. The molecule has 0 amide bonds. The van der Waals surface area contributed by atoms with Crippen molar-refractivity contribution in [3.63, 3.8) is 0 Å². The van der Waals surface area contributed by atoms with Crippen molar-refractivity contribution in [1.82, 2.24) is 19.1 Å². The molecule has 14 aromatic rings. The third-order valence-corrected chi connectivity index (χ3v) is 14.1. The SMILES string of the molecule is c1ccc(-c2ccc(-c3nc(-n4c5ccc(-c6ccccc6)cc5c5cc(-c6ccc7c(c6)c6cc(-c8ccccc8)ccc6n7-c6ccccc6)ccc54)c4c(ccc5ccccc54)n3)cc2)cc1. The molecule has 0 aliphatic rings. The smallest absolute Gasteiger partial charge is 0.162 e. The van der Waals surface area contributed by atoms with Crippen molar-refractivity contribution in [3.8, 4) is 67.4 Å². The van der Waals surface area contributed by atoms with Gasteiger partial charge < -0.3 is 4.57 Å². The monoisotopic (exact) mass is 890 g/mol. The zero-order valence-electron chi connectivity index (χ0n) is 38.0. The van der Waals surface area contributed by atoms with E-state index in [2.05, 4.69) is 264 Å². The minimum atomic E-state index is 0.684. The van der Waals surface area contributed by atoms with Gasteiger partial charge in [-0.05, 0) is 122 Å². The minimum Gasteiger partial charge on any atom is -0.309 e. The van der Waals surface area contributed by atoms with Gasteiger partial charge >= 0.3 is 0 Å². The topological polar surface area (TPSA) is 35.6 Å². The Morgan fingerprint density at radius 2 is 0.643 bits per heavy atom. The minimum absolute atomic E-state index is 0.684. The summed E-state index contributed by atoms with van der Waals surface area (Å²) in [4.78, 5) is 10.9. The quantitative estimate of drug-likeness (QED) is 0.149. The van der Waals surface area contributed by atoms with Crippen molar-refractivity contribution in [2.24, 2.45) is 0 Å². The third kappa shape index (κ3) is 6.53. The van der Waals surface area contributed by atoms with Gasteiger partial charge in [0.05, 0.1) is 33.0 Å². The number of hydrogen-bond acceptors (Lipinski definition) is 2. The fourth-order valence-corrected chi connectivity index (χ4v) is 10.7. The molecule has 3 heterocycles. The molecule has 70 heavy (non-hydrogen) atoms. The van der Waals surface area contributed by atoms with Crippen LogP contribution in [0.5, 0.6) is 0 Å². The van der Waals surface area contributed by atoms with E-state index in [-0.39, 0.29) is 0 Å². The molecule has 3 aromatic heterocycles. The molecule has 0 saturated carbocycles. The Hall–Kier alpha value is -9.38. The second-order valence-electron chi connectivity index (χ2n) is 18.2.